The SMILES string of the molecule is NC(=S)c1cnc(Oc2cc(Cl)c(Br)cc2Cl)cn1. The molecule has 0 aliphatic heterocycles. The Bertz CT molecular complexity index is 637. The Labute approximate surface area is 133 Å². The first-order valence-corrected chi connectivity index (χ1v) is 6.87. The van der Waals surface area contributed by atoms with Gasteiger partial charge in [0.15, 0.2) is 0 Å². The van der Waals surface area contributed by atoms with Crippen LogP contribution in [0.4, 0.5) is 0 Å². The molecule has 0 bridgehead atoms. The van der Waals surface area contributed by atoms with Gasteiger partial charge in [-0.25, -0.2) is 9.97 Å². The highest BCUT2D eigenvalue weighted by Gasteiger charge is 2.09. The lowest BCUT2D eigenvalue weighted by Gasteiger charge is -2.08. The van der Waals surface area contributed by atoms with Gasteiger partial charge < -0.3 is 10.5 Å². The van der Waals surface area contributed by atoms with Crippen molar-refractivity contribution in [3.63, 3.8) is 0 Å². The number of hydrogen-bond donors (Lipinski definition) is 1. The number of ether oxygens (including phenoxy) is 1. The number of halogens is 3. The number of thiocarbonyl (C=S) groups is 1. The molecule has 1 heterocycles. The van der Waals surface area contributed by atoms with Crippen LogP contribution in [-0.4, -0.2) is 15.0 Å². The van der Waals surface area contributed by atoms with Crippen LogP contribution in [0.2, 0.25) is 10.0 Å². The molecule has 1 aromatic heterocycles. The minimum absolute atomic E-state index is 0.170. The average molecular weight is 379 g/mol. The number of rotatable bonds is 3. The lowest BCUT2D eigenvalue weighted by Crippen LogP contribution is -2.11. The minimum Gasteiger partial charge on any atom is -0.436 e. The molecule has 0 spiro atoms. The van der Waals surface area contributed by atoms with Crippen molar-refractivity contribution in [2.24, 2.45) is 5.73 Å². The molecule has 0 aliphatic rings. The lowest BCUT2D eigenvalue weighted by molar-refractivity contribution is 0.460. The number of nitrogens with zero attached hydrogens (tertiary/aromatic N) is 2. The van der Waals surface area contributed by atoms with Gasteiger partial charge in [0.05, 0.1) is 22.4 Å². The molecule has 0 saturated heterocycles. The molecule has 0 unspecified atom stereocenters. The second-order valence-electron chi connectivity index (χ2n) is 3.40. The molecule has 2 N–H and O–H groups in total. The smallest absolute Gasteiger partial charge is 0.237 e. The summed E-state index contributed by atoms with van der Waals surface area (Å²) in [5, 5.41) is 0.878. The van der Waals surface area contributed by atoms with E-state index in [1.165, 1.54) is 12.4 Å². The monoisotopic (exact) mass is 377 g/mol. The summed E-state index contributed by atoms with van der Waals surface area (Å²) >= 11 is 20.0. The summed E-state index contributed by atoms with van der Waals surface area (Å²) in [5.74, 6) is 0.646. The van der Waals surface area contributed by atoms with Crippen LogP contribution in [0.5, 0.6) is 11.6 Å². The molecule has 0 aliphatic carbocycles. The van der Waals surface area contributed by atoms with E-state index in [-0.39, 0.29) is 10.9 Å². The third kappa shape index (κ3) is 3.54. The van der Waals surface area contributed by atoms with Crippen LogP contribution in [0.1, 0.15) is 5.69 Å². The minimum atomic E-state index is 0.170. The van der Waals surface area contributed by atoms with Crippen LogP contribution in [-0.2, 0) is 0 Å². The maximum absolute atomic E-state index is 6.03. The van der Waals surface area contributed by atoms with Crippen LogP contribution in [0.3, 0.4) is 0 Å². The zero-order valence-electron chi connectivity index (χ0n) is 9.23. The third-order valence-electron chi connectivity index (χ3n) is 2.07. The summed E-state index contributed by atoms with van der Waals surface area (Å²) < 4.78 is 6.17. The zero-order valence-corrected chi connectivity index (χ0v) is 13.1. The molecule has 0 saturated carbocycles. The summed E-state index contributed by atoms with van der Waals surface area (Å²) in [4.78, 5) is 8.20. The molecule has 0 atom stereocenters. The highest BCUT2D eigenvalue weighted by Crippen LogP contribution is 2.35. The van der Waals surface area contributed by atoms with Gasteiger partial charge in [-0.1, -0.05) is 35.4 Å². The van der Waals surface area contributed by atoms with Gasteiger partial charge in [0.1, 0.15) is 16.4 Å². The van der Waals surface area contributed by atoms with Crippen LogP contribution in [0, 0.1) is 0 Å². The van der Waals surface area contributed by atoms with E-state index in [2.05, 4.69) is 25.9 Å². The first-order valence-electron chi connectivity index (χ1n) is 4.91. The molecular weight excluding hydrogens is 373 g/mol. The van der Waals surface area contributed by atoms with E-state index in [4.69, 9.17) is 45.9 Å². The van der Waals surface area contributed by atoms with Crippen molar-refractivity contribution in [2.75, 3.05) is 0 Å². The highest BCUT2D eigenvalue weighted by molar-refractivity contribution is 9.10. The van der Waals surface area contributed by atoms with Crippen LogP contribution in [0.25, 0.3) is 0 Å². The van der Waals surface area contributed by atoms with Crippen molar-refractivity contribution in [1.82, 2.24) is 9.97 Å². The lowest BCUT2D eigenvalue weighted by atomic mass is 10.3. The molecule has 4 nitrogen and oxygen atoms in total. The predicted octanol–water partition coefficient (Wildman–Crippen LogP) is 3.97. The number of hydrogen-bond acceptors (Lipinski definition) is 4. The number of benzene rings is 1. The van der Waals surface area contributed by atoms with Crippen molar-refractivity contribution < 1.29 is 4.74 Å². The molecule has 0 fully saturated rings. The second-order valence-corrected chi connectivity index (χ2v) is 5.51. The average Bonchev–Trinajstić information content (AvgIpc) is 2.36. The zero-order chi connectivity index (χ0) is 14.0. The number of aromatic nitrogens is 2. The normalized spacial score (nSPS) is 10.3. The highest BCUT2D eigenvalue weighted by atomic mass is 79.9. The Kier molecular flexibility index (Phi) is 4.57. The molecule has 0 amide bonds. The van der Waals surface area contributed by atoms with E-state index >= 15 is 0 Å². The van der Waals surface area contributed by atoms with Gasteiger partial charge in [-0.05, 0) is 22.0 Å². The van der Waals surface area contributed by atoms with Gasteiger partial charge >= 0.3 is 0 Å². The van der Waals surface area contributed by atoms with E-state index in [1.54, 1.807) is 12.1 Å². The first kappa shape index (κ1) is 14.5. The van der Waals surface area contributed by atoms with Gasteiger partial charge in [0.2, 0.25) is 5.88 Å². The maximum Gasteiger partial charge on any atom is 0.237 e. The summed E-state index contributed by atoms with van der Waals surface area (Å²) in [7, 11) is 0. The maximum atomic E-state index is 6.03. The van der Waals surface area contributed by atoms with Gasteiger partial charge in [-0.3, -0.25) is 0 Å². The molecule has 8 heteroatoms. The van der Waals surface area contributed by atoms with Crippen LogP contribution < -0.4 is 10.5 Å². The van der Waals surface area contributed by atoms with Crippen molar-refractivity contribution in [3.8, 4) is 11.6 Å². The Balaban J connectivity index is 2.26. The molecule has 98 valence electrons. The quantitative estimate of drug-likeness (QED) is 0.646. The first-order chi connectivity index (χ1) is 8.97. The standard InChI is InChI=1S/C11H6BrCl2N3OS/c12-5-1-7(14)9(2-6(5)13)18-10-4-16-8(3-17-10)11(15)19/h1-4H,(H2,15,19). The van der Waals surface area contributed by atoms with E-state index < -0.39 is 0 Å². The van der Waals surface area contributed by atoms with Gasteiger partial charge in [-0.2, -0.15) is 0 Å². The largest absolute Gasteiger partial charge is 0.436 e. The summed E-state index contributed by atoms with van der Waals surface area (Å²) in [5.41, 5.74) is 5.84. The molecule has 2 rings (SSSR count). The van der Waals surface area contributed by atoms with Crippen molar-refractivity contribution in [2.45, 2.75) is 0 Å². The third-order valence-corrected chi connectivity index (χ3v) is 3.77. The van der Waals surface area contributed by atoms with E-state index in [0.29, 0.717) is 26.0 Å². The topological polar surface area (TPSA) is 61.0 Å². The predicted molar refractivity (Wildman–Crippen MR) is 82.2 cm³/mol. The Hall–Kier alpha value is -0.950. The fourth-order valence-corrected chi connectivity index (χ4v) is 2.13. The Morgan fingerprint density at radius 2 is 1.95 bits per heavy atom. The molecule has 0 radical (unpaired) electrons. The fourth-order valence-electron chi connectivity index (χ4n) is 1.19. The molecular formula is C11H6BrCl2N3OS. The van der Waals surface area contributed by atoms with Crippen molar-refractivity contribution in [1.29, 1.82) is 0 Å². The summed E-state index contributed by atoms with van der Waals surface area (Å²) in [6.07, 6.45) is 2.83. The summed E-state index contributed by atoms with van der Waals surface area (Å²) in [6.45, 7) is 0. The van der Waals surface area contributed by atoms with E-state index in [9.17, 15) is 0 Å². The molecule has 1 aromatic carbocycles. The van der Waals surface area contributed by atoms with Crippen molar-refractivity contribution in [3.05, 3.63) is 44.7 Å². The molecule has 19 heavy (non-hydrogen) atoms. The summed E-state index contributed by atoms with van der Waals surface area (Å²) in [6, 6.07) is 3.22. The van der Waals surface area contributed by atoms with Gasteiger partial charge in [0.25, 0.3) is 0 Å². The van der Waals surface area contributed by atoms with Crippen LogP contribution >= 0.6 is 51.3 Å². The van der Waals surface area contributed by atoms with Gasteiger partial charge in [-0.15, -0.1) is 0 Å². The molecule has 2 aromatic rings. The van der Waals surface area contributed by atoms with Crippen LogP contribution in [0.15, 0.2) is 29.0 Å². The number of nitrogens with two attached hydrogens (primary N) is 1. The Morgan fingerprint density at radius 1 is 1.21 bits per heavy atom. The van der Waals surface area contributed by atoms with Crippen molar-refractivity contribution >= 4 is 56.3 Å². The van der Waals surface area contributed by atoms with Gasteiger partial charge in [0, 0.05) is 10.5 Å². The Morgan fingerprint density at radius 3 is 2.53 bits per heavy atom. The van der Waals surface area contributed by atoms with E-state index in [1.807, 2.05) is 0 Å². The fraction of sp³-hybridized carbons (Fsp3) is 0. The second kappa shape index (κ2) is 6.00. The van der Waals surface area contributed by atoms with E-state index in [0.717, 1.165) is 0 Å².